The monoisotopic (exact) mass is 674 g/mol. The number of carbonyl (C=O) groups excluding carboxylic acids is 3. The molecule has 0 fully saturated rings. The molecule has 15 heteroatoms. The Balaban J connectivity index is 2.15. The number of carbonyl (C=O) groups is 4. The Morgan fingerprint density at radius 3 is 2.15 bits per heavy atom. The van der Waals surface area contributed by atoms with E-state index in [0.717, 1.165) is 5.56 Å². The number of hydrogen-bond acceptors (Lipinski definition) is 8. The maximum absolute atomic E-state index is 13.6. The first-order valence-corrected chi connectivity index (χ1v) is 16.9. The van der Waals surface area contributed by atoms with Crippen LogP contribution < -0.4 is 26.4 Å². The van der Waals surface area contributed by atoms with E-state index in [1.165, 1.54) is 0 Å². The average molecular weight is 675 g/mol. The van der Waals surface area contributed by atoms with Gasteiger partial charge in [-0.15, -0.1) is 0 Å². The summed E-state index contributed by atoms with van der Waals surface area (Å²) in [4.78, 5) is 49.4. The van der Waals surface area contributed by atoms with Crippen LogP contribution in [0.2, 0.25) is 0 Å². The fraction of sp³-hybridized carbons (Fsp3) is 0.469. The largest absolute Gasteiger partial charge is 0.481 e. The topological polar surface area (TPSA) is 230 Å². The Morgan fingerprint density at radius 2 is 1.55 bits per heavy atom. The summed E-state index contributed by atoms with van der Waals surface area (Å²) in [6.07, 6.45) is 0.559. The molecule has 0 aromatic heterocycles. The summed E-state index contributed by atoms with van der Waals surface area (Å²) in [5.41, 5.74) is 6.60. The van der Waals surface area contributed by atoms with Crippen molar-refractivity contribution < 1.29 is 37.4 Å². The van der Waals surface area contributed by atoms with E-state index >= 15 is 0 Å². The van der Waals surface area contributed by atoms with Gasteiger partial charge in [-0.2, -0.15) is 0 Å². The van der Waals surface area contributed by atoms with Crippen molar-refractivity contribution in [1.29, 1.82) is 5.41 Å². The normalized spacial score (nSPS) is 12.8. The predicted octanol–water partition coefficient (Wildman–Crippen LogP) is 1.53. The van der Waals surface area contributed by atoms with Crippen molar-refractivity contribution in [2.24, 2.45) is 5.73 Å². The molecule has 258 valence electrons. The Labute approximate surface area is 275 Å². The molecule has 0 aliphatic carbocycles. The van der Waals surface area contributed by atoms with E-state index in [-0.39, 0.29) is 50.5 Å². The maximum Gasteiger partial charge on any atom is 0.303 e. The second kappa shape index (κ2) is 18.7. The Bertz CT molecular complexity index is 1460. The van der Waals surface area contributed by atoms with Gasteiger partial charge in [0.15, 0.2) is 0 Å². The first kappa shape index (κ1) is 38.8. The zero-order chi connectivity index (χ0) is 35.0. The van der Waals surface area contributed by atoms with Gasteiger partial charge >= 0.3 is 5.97 Å². The molecule has 2 atom stereocenters. The van der Waals surface area contributed by atoms with Gasteiger partial charge in [0.1, 0.15) is 17.9 Å². The molecule has 2 aromatic carbocycles. The standard InChI is InChI=1S/C32H46N6O8S/c1-32(2,3)46-20-26(38-47(44,45)21-23-9-5-4-6-10-23)31(43)37-25(11-7-8-18-35-27(39)16-17-28(40)41)30(42)36-19-22-12-14-24(15-13-22)29(33)34/h4-6,9-10,12-15,25-26,38H,7-8,11,16-21H2,1-3H3,(H3,33,34)(H,35,39)(H,36,42)(H,37,43)(H,40,41)/t25-,26+/m0/s1. The SMILES string of the molecule is CC(C)(C)OC[C@@H](NS(=O)(=O)Cc1ccccc1)C(=O)N[C@@H](CCCCNC(=O)CCC(=O)O)C(=O)NCc1ccc(C(=N)N)cc1. The Kier molecular flexibility index (Phi) is 15.5. The van der Waals surface area contributed by atoms with Gasteiger partial charge in [-0.25, -0.2) is 13.1 Å². The molecule has 0 saturated heterocycles. The van der Waals surface area contributed by atoms with E-state index < -0.39 is 51.4 Å². The van der Waals surface area contributed by atoms with E-state index in [1.807, 2.05) is 0 Å². The number of aliphatic carboxylic acids is 1. The molecule has 0 saturated carbocycles. The highest BCUT2D eigenvalue weighted by molar-refractivity contribution is 7.88. The van der Waals surface area contributed by atoms with Crippen molar-refractivity contribution >= 4 is 39.5 Å². The molecule has 2 rings (SSSR count). The third-order valence-corrected chi connectivity index (χ3v) is 8.05. The second-order valence-electron chi connectivity index (χ2n) is 12.0. The number of sulfonamides is 1. The van der Waals surface area contributed by atoms with Crippen LogP contribution in [0.25, 0.3) is 0 Å². The summed E-state index contributed by atoms with van der Waals surface area (Å²) >= 11 is 0. The van der Waals surface area contributed by atoms with Gasteiger partial charge in [0.2, 0.25) is 27.7 Å². The lowest BCUT2D eigenvalue weighted by molar-refractivity contribution is -0.138. The first-order chi connectivity index (χ1) is 22.0. The molecule has 0 spiro atoms. The second-order valence-corrected chi connectivity index (χ2v) is 13.7. The van der Waals surface area contributed by atoms with E-state index in [2.05, 4.69) is 20.7 Å². The zero-order valence-electron chi connectivity index (χ0n) is 27.0. The molecular weight excluding hydrogens is 628 g/mol. The van der Waals surface area contributed by atoms with Crippen LogP contribution in [-0.4, -0.2) is 73.9 Å². The van der Waals surface area contributed by atoms with Gasteiger partial charge in [0.05, 0.1) is 24.4 Å². The van der Waals surface area contributed by atoms with Gasteiger partial charge in [-0.05, 0) is 51.2 Å². The summed E-state index contributed by atoms with van der Waals surface area (Å²) in [7, 11) is -3.99. The summed E-state index contributed by atoms with van der Waals surface area (Å²) < 4.78 is 34.3. The summed E-state index contributed by atoms with van der Waals surface area (Å²) in [5, 5.41) is 24.4. The fourth-order valence-electron chi connectivity index (χ4n) is 4.21. The van der Waals surface area contributed by atoms with Crippen molar-refractivity contribution in [3.63, 3.8) is 0 Å². The van der Waals surface area contributed by atoms with Crippen LogP contribution in [0.1, 0.15) is 69.6 Å². The van der Waals surface area contributed by atoms with Crippen molar-refractivity contribution in [3.8, 4) is 0 Å². The predicted molar refractivity (Wildman–Crippen MR) is 177 cm³/mol. The van der Waals surface area contributed by atoms with Crippen molar-refractivity contribution in [1.82, 2.24) is 20.7 Å². The third kappa shape index (κ3) is 16.2. The number of unbranched alkanes of at least 4 members (excludes halogenated alkanes) is 1. The van der Waals surface area contributed by atoms with E-state index in [9.17, 15) is 27.6 Å². The molecule has 0 heterocycles. The lowest BCUT2D eigenvalue weighted by atomic mass is 10.1. The minimum atomic E-state index is -3.99. The quantitative estimate of drug-likeness (QED) is 0.0613. The highest BCUT2D eigenvalue weighted by atomic mass is 32.2. The van der Waals surface area contributed by atoms with Crippen LogP contribution in [0.15, 0.2) is 54.6 Å². The number of nitrogens with two attached hydrogens (primary N) is 1. The highest BCUT2D eigenvalue weighted by Gasteiger charge is 2.30. The number of carboxylic acid groups (broad SMARTS) is 1. The number of rotatable bonds is 20. The van der Waals surface area contributed by atoms with Crippen molar-refractivity contribution in [2.45, 2.75) is 82.9 Å². The number of amidine groups is 1. The lowest BCUT2D eigenvalue weighted by Gasteiger charge is -2.26. The maximum atomic E-state index is 13.6. The van der Waals surface area contributed by atoms with Crippen LogP contribution in [0, 0.1) is 5.41 Å². The van der Waals surface area contributed by atoms with Crippen molar-refractivity contribution in [3.05, 3.63) is 71.3 Å². The molecule has 2 aromatic rings. The molecule has 0 radical (unpaired) electrons. The van der Waals surface area contributed by atoms with Crippen LogP contribution in [0.3, 0.4) is 0 Å². The molecule has 0 aliphatic heterocycles. The Hall–Kier alpha value is -4.34. The average Bonchev–Trinajstić information content (AvgIpc) is 3.00. The molecule has 0 unspecified atom stereocenters. The molecule has 8 N–H and O–H groups in total. The van der Waals surface area contributed by atoms with Gasteiger partial charge in [-0.1, -0.05) is 54.6 Å². The summed E-state index contributed by atoms with van der Waals surface area (Å²) in [6.45, 7) is 5.36. The molecular formula is C32H46N6O8S. The number of carboxylic acids is 1. The minimum Gasteiger partial charge on any atom is -0.481 e. The lowest BCUT2D eigenvalue weighted by Crippen LogP contribution is -2.55. The minimum absolute atomic E-state index is 0.0918. The third-order valence-electron chi connectivity index (χ3n) is 6.69. The van der Waals surface area contributed by atoms with Gasteiger partial charge in [0.25, 0.3) is 0 Å². The van der Waals surface area contributed by atoms with E-state index in [1.54, 1.807) is 75.4 Å². The summed E-state index contributed by atoms with van der Waals surface area (Å²) in [5.74, 6) is -3.20. The van der Waals surface area contributed by atoms with Crippen LogP contribution >= 0.6 is 0 Å². The fourth-order valence-corrected chi connectivity index (χ4v) is 5.54. The highest BCUT2D eigenvalue weighted by Crippen LogP contribution is 2.11. The van der Waals surface area contributed by atoms with Crippen LogP contribution in [0.5, 0.6) is 0 Å². The molecule has 0 aliphatic rings. The molecule has 0 bridgehead atoms. The number of nitrogen functional groups attached to an aromatic ring is 1. The Morgan fingerprint density at radius 1 is 0.894 bits per heavy atom. The van der Waals surface area contributed by atoms with Crippen molar-refractivity contribution in [2.75, 3.05) is 13.2 Å². The van der Waals surface area contributed by atoms with Crippen LogP contribution in [-0.2, 0) is 46.2 Å². The number of nitrogens with one attached hydrogen (secondary N) is 5. The first-order valence-electron chi connectivity index (χ1n) is 15.2. The zero-order valence-corrected chi connectivity index (χ0v) is 27.8. The number of amides is 3. The number of benzene rings is 2. The van der Waals surface area contributed by atoms with Crippen LogP contribution in [0.4, 0.5) is 0 Å². The van der Waals surface area contributed by atoms with E-state index in [4.69, 9.17) is 21.0 Å². The number of ether oxygens (including phenoxy) is 1. The molecule has 47 heavy (non-hydrogen) atoms. The van der Waals surface area contributed by atoms with Gasteiger partial charge in [-0.3, -0.25) is 24.6 Å². The summed E-state index contributed by atoms with van der Waals surface area (Å²) in [6, 6.07) is 12.8. The molecule has 14 nitrogen and oxygen atoms in total. The smallest absolute Gasteiger partial charge is 0.303 e. The van der Waals surface area contributed by atoms with Gasteiger partial charge in [0, 0.05) is 25.1 Å². The molecule has 3 amide bonds. The number of hydrogen-bond donors (Lipinski definition) is 7. The van der Waals surface area contributed by atoms with Gasteiger partial charge < -0.3 is 31.5 Å². The van der Waals surface area contributed by atoms with E-state index in [0.29, 0.717) is 24.0 Å².